The van der Waals surface area contributed by atoms with Gasteiger partial charge >= 0.3 is 0 Å². The molecule has 0 saturated heterocycles. The van der Waals surface area contributed by atoms with Crippen molar-refractivity contribution >= 4 is 39.1 Å². The van der Waals surface area contributed by atoms with Crippen molar-refractivity contribution < 1.29 is 4.79 Å². The van der Waals surface area contributed by atoms with Crippen molar-refractivity contribution in [2.75, 3.05) is 5.32 Å². The van der Waals surface area contributed by atoms with Gasteiger partial charge in [-0.05, 0) is 42.0 Å². The standard InChI is InChI=1S/C16H13BrClN5O/c1-10-5-6-13(8-14(10)17)19-15(24)9-23-21-16(20-22-23)11-3-2-4-12(18)7-11/h2-8H,9H2,1H3,(H,19,24). The average Bonchev–Trinajstić information content (AvgIpc) is 2.99. The van der Waals surface area contributed by atoms with Crippen LogP contribution in [0.1, 0.15) is 5.56 Å². The molecule has 1 aromatic heterocycles. The van der Waals surface area contributed by atoms with Crippen LogP contribution in [0.3, 0.4) is 0 Å². The van der Waals surface area contributed by atoms with Crippen LogP contribution >= 0.6 is 27.5 Å². The van der Waals surface area contributed by atoms with E-state index in [4.69, 9.17) is 11.6 Å². The second kappa shape index (κ2) is 7.11. The number of rotatable bonds is 4. The van der Waals surface area contributed by atoms with Crippen molar-refractivity contribution in [1.29, 1.82) is 0 Å². The van der Waals surface area contributed by atoms with E-state index in [0.717, 1.165) is 15.6 Å². The minimum atomic E-state index is -0.235. The van der Waals surface area contributed by atoms with E-state index in [9.17, 15) is 4.79 Å². The third-order valence-electron chi connectivity index (χ3n) is 3.28. The summed E-state index contributed by atoms with van der Waals surface area (Å²) in [5, 5.41) is 15.4. The molecular weight excluding hydrogens is 394 g/mol. The minimum absolute atomic E-state index is 0.0287. The quantitative estimate of drug-likeness (QED) is 0.717. The van der Waals surface area contributed by atoms with E-state index in [1.54, 1.807) is 18.2 Å². The van der Waals surface area contributed by atoms with Crippen molar-refractivity contribution in [3.63, 3.8) is 0 Å². The van der Waals surface area contributed by atoms with E-state index < -0.39 is 0 Å². The molecule has 1 N–H and O–H groups in total. The number of amides is 1. The molecule has 24 heavy (non-hydrogen) atoms. The van der Waals surface area contributed by atoms with Gasteiger partial charge in [-0.15, -0.1) is 10.2 Å². The van der Waals surface area contributed by atoms with Crippen molar-refractivity contribution in [2.45, 2.75) is 13.5 Å². The topological polar surface area (TPSA) is 72.7 Å². The molecule has 1 heterocycles. The van der Waals surface area contributed by atoms with Crippen molar-refractivity contribution in [1.82, 2.24) is 20.2 Å². The number of nitrogens with one attached hydrogen (secondary N) is 1. The second-order valence-corrected chi connectivity index (χ2v) is 6.46. The zero-order valence-electron chi connectivity index (χ0n) is 12.7. The highest BCUT2D eigenvalue weighted by Gasteiger charge is 2.10. The van der Waals surface area contributed by atoms with Crippen LogP contribution in [-0.4, -0.2) is 26.1 Å². The Bertz CT molecular complexity index is 896. The number of carbonyl (C=O) groups is 1. The third-order valence-corrected chi connectivity index (χ3v) is 4.37. The summed E-state index contributed by atoms with van der Waals surface area (Å²) in [6.07, 6.45) is 0. The first kappa shape index (κ1) is 16.6. The smallest absolute Gasteiger partial charge is 0.248 e. The molecule has 0 aliphatic heterocycles. The summed E-state index contributed by atoms with van der Waals surface area (Å²) in [7, 11) is 0. The molecule has 0 unspecified atom stereocenters. The zero-order valence-corrected chi connectivity index (χ0v) is 15.0. The van der Waals surface area contributed by atoms with Crippen LogP contribution in [0.15, 0.2) is 46.9 Å². The maximum absolute atomic E-state index is 12.1. The van der Waals surface area contributed by atoms with Gasteiger partial charge in [-0.25, -0.2) is 0 Å². The summed E-state index contributed by atoms with van der Waals surface area (Å²) in [6.45, 7) is 1.95. The number of carbonyl (C=O) groups excluding carboxylic acids is 1. The number of aromatic nitrogens is 4. The number of nitrogens with zero attached hydrogens (tertiary/aromatic N) is 4. The fourth-order valence-corrected chi connectivity index (χ4v) is 2.62. The first-order valence-electron chi connectivity index (χ1n) is 7.11. The van der Waals surface area contributed by atoms with E-state index >= 15 is 0 Å². The Labute approximate surface area is 152 Å². The molecule has 0 aliphatic rings. The molecule has 3 rings (SSSR count). The monoisotopic (exact) mass is 405 g/mol. The Morgan fingerprint density at radius 1 is 1.29 bits per heavy atom. The van der Waals surface area contributed by atoms with E-state index in [1.165, 1.54) is 4.80 Å². The highest BCUT2D eigenvalue weighted by molar-refractivity contribution is 9.10. The lowest BCUT2D eigenvalue weighted by molar-refractivity contribution is -0.117. The van der Waals surface area contributed by atoms with E-state index in [2.05, 4.69) is 36.7 Å². The normalized spacial score (nSPS) is 10.6. The Morgan fingerprint density at radius 3 is 2.88 bits per heavy atom. The zero-order chi connectivity index (χ0) is 17.1. The number of anilines is 1. The van der Waals surface area contributed by atoms with E-state index in [-0.39, 0.29) is 12.5 Å². The molecule has 0 radical (unpaired) electrons. The predicted molar refractivity (Wildman–Crippen MR) is 95.8 cm³/mol. The van der Waals surface area contributed by atoms with Crippen LogP contribution < -0.4 is 5.32 Å². The molecule has 0 aliphatic carbocycles. The summed E-state index contributed by atoms with van der Waals surface area (Å²) in [5.74, 6) is 0.184. The van der Waals surface area contributed by atoms with Crippen LogP contribution in [-0.2, 0) is 11.3 Å². The number of aryl methyl sites for hydroxylation is 1. The maximum Gasteiger partial charge on any atom is 0.248 e. The summed E-state index contributed by atoms with van der Waals surface area (Å²) in [6, 6.07) is 12.8. The van der Waals surface area contributed by atoms with Gasteiger partial charge in [0.1, 0.15) is 6.54 Å². The second-order valence-electron chi connectivity index (χ2n) is 5.17. The number of hydrogen-bond donors (Lipinski definition) is 1. The fraction of sp³-hybridized carbons (Fsp3) is 0.125. The molecule has 122 valence electrons. The van der Waals surface area contributed by atoms with E-state index in [0.29, 0.717) is 16.5 Å². The van der Waals surface area contributed by atoms with E-state index in [1.807, 2.05) is 31.2 Å². The van der Waals surface area contributed by atoms with Gasteiger partial charge < -0.3 is 5.32 Å². The highest BCUT2D eigenvalue weighted by atomic mass is 79.9. The minimum Gasteiger partial charge on any atom is -0.324 e. The summed E-state index contributed by atoms with van der Waals surface area (Å²) >= 11 is 9.39. The first-order valence-corrected chi connectivity index (χ1v) is 8.28. The number of hydrogen-bond acceptors (Lipinski definition) is 4. The number of halogens is 2. The summed E-state index contributed by atoms with van der Waals surface area (Å²) in [5.41, 5.74) is 2.54. The van der Waals surface area contributed by atoms with Crippen molar-refractivity contribution in [2.24, 2.45) is 0 Å². The molecule has 1 amide bonds. The molecule has 0 atom stereocenters. The van der Waals surface area contributed by atoms with Crippen molar-refractivity contribution in [3.8, 4) is 11.4 Å². The summed E-state index contributed by atoms with van der Waals surface area (Å²) in [4.78, 5) is 13.3. The lowest BCUT2D eigenvalue weighted by Crippen LogP contribution is -2.20. The third kappa shape index (κ3) is 3.98. The lowest BCUT2D eigenvalue weighted by atomic mass is 10.2. The molecular formula is C16H13BrClN5O. The molecule has 2 aromatic carbocycles. The Morgan fingerprint density at radius 2 is 2.12 bits per heavy atom. The van der Waals surface area contributed by atoms with Crippen LogP contribution in [0, 0.1) is 6.92 Å². The van der Waals surface area contributed by atoms with Crippen LogP contribution in [0.25, 0.3) is 11.4 Å². The van der Waals surface area contributed by atoms with Gasteiger partial charge in [-0.3, -0.25) is 4.79 Å². The highest BCUT2D eigenvalue weighted by Crippen LogP contribution is 2.21. The SMILES string of the molecule is Cc1ccc(NC(=O)Cn2nnc(-c3cccc(Cl)c3)n2)cc1Br. The molecule has 3 aromatic rings. The number of tetrazole rings is 1. The van der Waals surface area contributed by atoms with Crippen LogP contribution in [0.4, 0.5) is 5.69 Å². The Hall–Kier alpha value is -2.25. The first-order chi connectivity index (χ1) is 11.5. The molecule has 0 spiro atoms. The molecule has 0 fully saturated rings. The van der Waals surface area contributed by atoms with Gasteiger partial charge in [0.15, 0.2) is 0 Å². The Kier molecular flexibility index (Phi) is 4.92. The van der Waals surface area contributed by atoms with Gasteiger partial charge in [0, 0.05) is 20.7 Å². The van der Waals surface area contributed by atoms with Gasteiger partial charge in [-0.1, -0.05) is 45.7 Å². The largest absolute Gasteiger partial charge is 0.324 e. The lowest BCUT2D eigenvalue weighted by Gasteiger charge is -2.06. The molecule has 8 heteroatoms. The fourth-order valence-electron chi connectivity index (χ4n) is 2.05. The predicted octanol–water partition coefficient (Wildman–Crippen LogP) is 3.70. The maximum atomic E-state index is 12.1. The van der Waals surface area contributed by atoms with Gasteiger partial charge in [0.05, 0.1) is 0 Å². The average molecular weight is 407 g/mol. The Balaban J connectivity index is 1.68. The van der Waals surface area contributed by atoms with Gasteiger partial charge in [0.25, 0.3) is 0 Å². The van der Waals surface area contributed by atoms with Gasteiger partial charge in [-0.2, -0.15) is 4.80 Å². The van der Waals surface area contributed by atoms with Crippen LogP contribution in [0.2, 0.25) is 5.02 Å². The molecule has 0 bridgehead atoms. The van der Waals surface area contributed by atoms with Gasteiger partial charge in [0.2, 0.25) is 11.7 Å². The number of benzene rings is 2. The van der Waals surface area contributed by atoms with Crippen molar-refractivity contribution in [3.05, 3.63) is 57.5 Å². The molecule has 6 nitrogen and oxygen atoms in total. The summed E-state index contributed by atoms with van der Waals surface area (Å²) < 4.78 is 0.933. The van der Waals surface area contributed by atoms with Crippen LogP contribution in [0.5, 0.6) is 0 Å². The molecule has 0 saturated carbocycles.